The average Bonchev–Trinajstić information content (AvgIpc) is 2.25. The van der Waals surface area contributed by atoms with E-state index in [1.807, 2.05) is 6.07 Å². The largest absolute Gasteiger partial charge is 0.321 e. The van der Waals surface area contributed by atoms with Gasteiger partial charge in [0.1, 0.15) is 0 Å². The molecule has 2 nitrogen and oxygen atoms in total. The monoisotopic (exact) mass is 188 g/mol. The molecule has 0 aliphatic carbocycles. The van der Waals surface area contributed by atoms with Gasteiger partial charge < -0.3 is 5.43 Å². The van der Waals surface area contributed by atoms with Gasteiger partial charge in [0.25, 0.3) is 0 Å². The summed E-state index contributed by atoms with van der Waals surface area (Å²) >= 11 is 0. The first-order chi connectivity index (χ1) is 6.97. The van der Waals surface area contributed by atoms with E-state index in [1.54, 1.807) is 0 Å². The van der Waals surface area contributed by atoms with Gasteiger partial charge in [-0.25, -0.2) is 5.43 Å². The Balaban J connectivity index is 2.21. The fraction of sp³-hybridized carbons (Fsp3) is 0.333. The molecule has 0 spiro atoms. The van der Waals surface area contributed by atoms with E-state index in [1.165, 1.54) is 24.8 Å². The van der Waals surface area contributed by atoms with Crippen LogP contribution in [0.25, 0.3) is 6.08 Å². The second-order valence-electron chi connectivity index (χ2n) is 3.54. The number of hydrazine groups is 1. The summed E-state index contributed by atoms with van der Waals surface area (Å²) < 4.78 is 0. The molecule has 0 amide bonds. The van der Waals surface area contributed by atoms with Crippen molar-refractivity contribution in [3.05, 3.63) is 35.9 Å². The van der Waals surface area contributed by atoms with E-state index in [0.717, 1.165) is 12.2 Å². The highest BCUT2D eigenvalue weighted by atomic mass is 15.3. The lowest BCUT2D eigenvalue weighted by Crippen LogP contribution is -2.23. The van der Waals surface area contributed by atoms with Gasteiger partial charge in [0.2, 0.25) is 0 Å². The van der Waals surface area contributed by atoms with Gasteiger partial charge in [-0.3, -0.25) is 0 Å². The number of benzene rings is 1. The second kappa shape index (κ2) is 4.82. The van der Waals surface area contributed by atoms with Gasteiger partial charge in [-0.1, -0.05) is 30.4 Å². The second-order valence-corrected chi connectivity index (χ2v) is 3.54. The maximum atomic E-state index is 3.23. The molecule has 0 bridgehead atoms. The van der Waals surface area contributed by atoms with Crippen molar-refractivity contribution in [3.8, 4) is 0 Å². The third kappa shape index (κ3) is 2.36. The maximum Gasteiger partial charge on any atom is 0.0559 e. The zero-order valence-corrected chi connectivity index (χ0v) is 8.29. The third-order valence-electron chi connectivity index (χ3n) is 2.40. The number of allylic oxidation sites excluding steroid dienone is 1. The van der Waals surface area contributed by atoms with Crippen LogP contribution < -0.4 is 10.9 Å². The van der Waals surface area contributed by atoms with Gasteiger partial charge in [-0.2, -0.15) is 0 Å². The van der Waals surface area contributed by atoms with Crippen LogP contribution in [0.1, 0.15) is 24.8 Å². The molecule has 74 valence electrons. The Hall–Kier alpha value is -1.28. The number of rotatable bonds is 0. The van der Waals surface area contributed by atoms with Gasteiger partial charge in [-0.05, 0) is 30.9 Å². The summed E-state index contributed by atoms with van der Waals surface area (Å²) in [6.45, 7) is 1.03. The Morgan fingerprint density at radius 3 is 3.00 bits per heavy atom. The summed E-state index contributed by atoms with van der Waals surface area (Å²) in [6, 6.07) is 8.33. The molecule has 0 radical (unpaired) electrons. The zero-order chi connectivity index (χ0) is 9.64. The summed E-state index contributed by atoms with van der Waals surface area (Å²) in [4.78, 5) is 0. The average molecular weight is 188 g/mol. The quantitative estimate of drug-likeness (QED) is 0.654. The molecule has 1 heterocycles. The summed E-state index contributed by atoms with van der Waals surface area (Å²) in [5.74, 6) is 0. The predicted molar refractivity (Wildman–Crippen MR) is 61.0 cm³/mol. The van der Waals surface area contributed by atoms with E-state index in [9.17, 15) is 0 Å². The number of para-hydroxylation sites is 1. The van der Waals surface area contributed by atoms with E-state index < -0.39 is 0 Å². The molecule has 0 unspecified atom stereocenters. The Morgan fingerprint density at radius 2 is 2.00 bits per heavy atom. The number of hydrogen-bond donors (Lipinski definition) is 2. The molecule has 0 atom stereocenters. The molecule has 2 heteroatoms. The number of fused-ring (bicyclic) bond motifs is 1. The summed E-state index contributed by atoms with van der Waals surface area (Å²) in [7, 11) is 0. The molecule has 1 aliphatic heterocycles. The number of nitrogens with one attached hydrogen (secondary N) is 2. The topological polar surface area (TPSA) is 24.1 Å². The van der Waals surface area contributed by atoms with Crippen molar-refractivity contribution in [1.82, 2.24) is 5.43 Å². The summed E-state index contributed by atoms with van der Waals surface area (Å²) in [6.07, 6.45) is 8.10. The Labute approximate surface area is 85.0 Å². The lowest BCUT2D eigenvalue weighted by Gasteiger charge is -2.12. The van der Waals surface area contributed by atoms with Crippen LogP contribution in [0.5, 0.6) is 0 Å². The fourth-order valence-corrected chi connectivity index (χ4v) is 1.60. The zero-order valence-electron chi connectivity index (χ0n) is 8.29. The SMILES string of the molecule is C1=C\c2ccccc2NNCCCC/1. The van der Waals surface area contributed by atoms with E-state index in [-0.39, 0.29) is 0 Å². The highest BCUT2D eigenvalue weighted by Gasteiger charge is 1.98. The number of anilines is 1. The van der Waals surface area contributed by atoms with Gasteiger partial charge in [0.15, 0.2) is 0 Å². The molecule has 2 N–H and O–H groups in total. The highest BCUT2D eigenvalue weighted by Crippen LogP contribution is 2.16. The van der Waals surface area contributed by atoms with Crippen LogP contribution in [0.2, 0.25) is 0 Å². The minimum Gasteiger partial charge on any atom is -0.321 e. The Kier molecular flexibility index (Phi) is 3.19. The van der Waals surface area contributed by atoms with E-state index >= 15 is 0 Å². The molecule has 0 saturated heterocycles. The minimum absolute atomic E-state index is 1.03. The standard InChI is InChI=1S/C12H16N2/c1-2-6-10-13-14-12-9-5-4-8-11(12)7-3-1/h3-5,7-9,13-14H,1-2,6,10H2/b7-3-. The lowest BCUT2D eigenvalue weighted by atomic mass is 10.1. The molecule has 0 saturated carbocycles. The molecular weight excluding hydrogens is 172 g/mol. The van der Waals surface area contributed by atoms with E-state index in [4.69, 9.17) is 0 Å². The molecule has 14 heavy (non-hydrogen) atoms. The molecule has 1 aliphatic rings. The van der Waals surface area contributed by atoms with Gasteiger partial charge in [-0.15, -0.1) is 0 Å². The fourth-order valence-electron chi connectivity index (χ4n) is 1.60. The maximum absolute atomic E-state index is 3.23. The lowest BCUT2D eigenvalue weighted by molar-refractivity contribution is 0.678. The molecular formula is C12H16N2. The van der Waals surface area contributed by atoms with Crippen LogP contribution in [-0.2, 0) is 0 Å². The van der Waals surface area contributed by atoms with Crippen LogP contribution in [0.15, 0.2) is 30.3 Å². The van der Waals surface area contributed by atoms with Crippen LogP contribution in [0, 0.1) is 0 Å². The van der Waals surface area contributed by atoms with Crippen molar-refractivity contribution in [1.29, 1.82) is 0 Å². The van der Waals surface area contributed by atoms with Crippen molar-refractivity contribution in [2.45, 2.75) is 19.3 Å². The first-order valence-electron chi connectivity index (χ1n) is 5.21. The van der Waals surface area contributed by atoms with Crippen molar-refractivity contribution in [2.75, 3.05) is 12.0 Å². The van der Waals surface area contributed by atoms with Crippen LogP contribution in [0.3, 0.4) is 0 Å². The molecule has 1 aromatic rings. The van der Waals surface area contributed by atoms with E-state index in [2.05, 4.69) is 41.2 Å². The van der Waals surface area contributed by atoms with Crippen molar-refractivity contribution in [2.24, 2.45) is 0 Å². The molecule has 1 aromatic carbocycles. The van der Waals surface area contributed by atoms with Crippen molar-refractivity contribution >= 4 is 11.8 Å². The molecule has 2 rings (SSSR count). The summed E-state index contributed by atoms with van der Waals surface area (Å²) in [5, 5.41) is 0. The first kappa shape index (κ1) is 9.28. The van der Waals surface area contributed by atoms with Crippen LogP contribution in [-0.4, -0.2) is 6.54 Å². The third-order valence-corrected chi connectivity index (χ3v) is 2.40. The van der Waals surface area contributed by atoms with Crippen LogP contribution >= 0.6 is 0 Å². The first-order valence-corrected chi connectivity index (χ1v) is 5.21. The van der Waals surface area contributed by atoms with E-state index in [0.29, 0.717) is 0 Å². The Bertz CT molecular complexity index is 318. The predicted octanol–water partition coefficient (Wildman–Crippen LogP) is 2.80. The summed E-state index contributed by atoms with van der Waals surface area (Å²) in [5.41, 5.74) is 8.87. The molecule has 0 aromatic heterocycles. The van der Waals surface area contributed by atoms with Gasteiger partial charge in [0.05, 0.1) is 5.69 Å². The van der Waals surface area contributed by atoms with Gasteiger partial charge in [0, 0.05) is 6.54 Å². The molecule has 0 fully saturated rings. The van der Waals surface area contributed by atoms with Gasteiger partial charge >= 0.3 is 0 Å². The highest BCUT2D eigenvalue weighted by molar-refractivity contribution is 5.66. The van der Waals surface area contributed by atoms with Crippen LogP contribution in [0.4, 0.5) is 5.69 Å². The number of hydrogen-bond acceptors (Lipinski definition) is 2. The Morgan fingerprint density at radius 1 is 1.07 bits per heavy atom. The normalized spacial score (nSPS) is 19.1. The van der Waals surface area contributed by atoms with Crippen molar-refractivity contribution < 1.29 is 0 Å². The minimum atomic E-state index is 1.03. The van der Waals surface area contributed by atoms with Crippen molar-refractivity contribution in [3.63, 3.8) is 0 Å². The smallest absolute Gasteiger partial charge is 0.0559 e.